The molecule has 1 nitrogen and oxygen atoms in total. The molecule has 1 aromatic carbocycles. The minimum absolute atomic E-state index is 0.0618. The SMILES string of the molecule is CCCC[C@@H](N)c1cccc(C(F)(F)F)c1F. The smallest absolute Gasteiger partial charge is 0.324 e. The predicted molar refractivity (Wildman–Crippen MR) is 57.9 cm³/mol. The Morgan fingerprint density at radius 1 is 1.29 bits per heavy atom. The first-order chi connectivity index (χ1) is 7.88. The largest absolute Gasteiger partial charge is 0.419 e. The Labute approximate surface area is 97.6 Å². The maximum atomic E-state index is 13.6. The normalized spacial score (nSPS) is 13.8. The van der Waals surface area contributed by atoms with Crippen molar-refractivity contribution in [1.29, 1.82) is 0 Å². The molecule has 0 aliphatic carbocycles. The summed E-state index contributed by atoms with van der Waals surface area (Å²) in [6.45, 7) is 1.94. The Kier molecular flexibility index (Phi) is 4.51. The van der Waals surface area contributed by atoms with E-state index in [-0.39, 0.29) is 5.56 Å². The van der Waals surface area contributed by atoms with Crippen LogP contribution in [-0.4, -0.2) is 0 Å². The van der Waals surface area contributed by atoms with Crippen molar-refractivity contribution < 1.29 is 17.6 Å². The highest BCUT2D eigenvalue weighted by atomic mass is 19.4. The molecule has 0 saturated heterocycles. The molecule has 0 aromatic heterocycles. The summed E-state index contributed by atoms with van der Waals surface area (Å²) in [5, 5.41) is 0. The Morgan fingerprint density at radius 2 is 1.94 bits per heavy atom. The molecule has 17 heavy (non-hydrogen) atoms. The van der Waals surface area contributed by atoms with Crippen LogP contribution >= 0.6 is 0 Å². The zero-order valence-corrected chi connectivity index (χ0v) is 9.52. The fourth-order valence-corrected chi connectivity index (χ4v) is 1.63. The van der Waals surface area contributed by atoms with Gasteiger partial charge >= 0.3 is 6.18 Å². The second-order valence-corrected chi connectivity index (χ2v) is 3.96. The molecule has 0 spiro atoms. The van der Waals surface area contributed by atoms with Gasteiger partial charge in [0, 0.05) is 11.6 Å². The maximum Gasteiger partial charge on any atom is 0.419 e. The molecule has 0 unspecified atom stereocenters. The van der Waals surface area contributed by atoms with Crippen molar-refractivity contribution in [3.8, 4) is 0 Å². The van der Waals surface area contributed by atoms with Crippen molar-refractivity contribution in [2.45, 2.75) is 38.4 Å². The summed E-state index contributed by atoms with van der Waals surface area (Å²) in [7, 11) is 0. The van der Waals surface area contributed by atoms with Gasteiger partial charge in [0.15, 0.2) is 0 Å². The van der Waals surface area contributed by atoms with E-state index in [0.29, 0.717) is 6.42 Å². The second kappa shape index (κ2) is 5.49. The molecule has 1 aromatic rings. The molecule has 0 fully saturated rings. The highest BCUT2D eigenvalue weighted by Crippen LogP contribution is 2.34. The fourth-order valence-electron chi connectivity index (χ4n) is 1.63. The lowest BCUT2D eigenvalue weighted by Gasteiger charge is -2.15. The van der Waals surface area contributed by atoms with E-state index in [9.17, 15) is 17.6 Å². The Morgan fingerprint density at radius 3 is 2.47 bits per heavy atom. The first-order valence-corrected chi connectivity index (χ1v) is 5.49. The van der Waals surface area contributed by atoms with Gasteiger partial charge in [0.05, 0.1) is 5.56 Å². The number of hydrogen-bond donors (Lipinski definition) is 1. The average molecular weight is 249 g/mol. The Hall–Kier alpha value is -1.10. The van der Waals surface area contributed by atoms with Crippen LogP contribution in [0.1, 0.15) is 43.4 Å². The lowest BCUT2D eigenvalue weighted by atomic mass is 9.99. The number of nitrogens with two attached hydrogens (primary N) is 1. The van der Waals surface area contributed by atoms with Gasteiger partial charge in [0.2, 0.25) is 0 Å². The molecule has 96 valence electrons. The van der Waals surface area contributed by atoms with Gasteiger partial charge in [-0.25, -0.2) is 4.39 Å². The second-order valence-electron chi connectivity index (χ2n) is 3.96. The fraction of sp³-hybridized carbons (Fsp3) is 0.500. The van der Waals surface area contributed by atoms with E-state index in [1.54, 1.807) is 0 Å². The van der Waals surface area contributed by atoms with Crippen LogP contribution in [0.25, 0.3) is 0 Å². The van der Waals surface area contributed by atoms with Gasteiger partial charge in [-0.15, -0.1) is 0 Å². The summed E-state index contributed by atoms with van der Waals surface area (Å²) in [5.74, 6) is -1.25. The predicted octanol–water partition coefficient (Wildman–Crippen LogP) is 4.03. The van der Waals surface area contributed by atoms with Crippen LogP contribution in [0.2, 0.25) is 0 Å². The van der Waals surface area contributed by atoms with Gasteiger partial charge < -0.3 is 5.73 Å². The van der Waals surface area contributed by atoms with E-state index in [0.717, 1.165) is 18.9 Å². The number of alkyl halides is 3. The molecular formula is C12H15F4N. The van der Waals surface area contributed by atoms with E-state index in [1.165, 1.54) is 12.1 Å². The highest BCUT2D eigenvalue weighted by molar-refractivity contribution is 5.30. The van der Waals surface area contributed by atoms with Crippen molar-refractivity contribution in [2.75, 3.05) is 0 Å². The van der Waals surface area contributed by atoms with E-state index in [4.69, 9.17) is 5.73 Å². The van der Waals surface area contributed by atoms with Crippen molar-refractivity contribution in [1.82, 2.24) is 0 Å². The number of hydrogen-bond acceptors (Lipinski definition) is 1. The lowest BCUT2D eigenvalue weighted by molar-refractivity contribution is -0.140. The minimum atomic E-state index is -4.68. The Balaban J connectivity index is 3.02. The van der Waals surface area contributed by atoms with Gasteiger partial charge in [-0.2, -0.15) is 13.2 Å². The first kappa shape index (κ1) is 14.0. The number of rotatable bonds is 4. The van der Waals surface area contributed by atoms with Crippen LogP contribution in [0.15, 0.2) is 18.2 Å². The zero-order chi connectivity index (χ0) is 13.1. The molecule has 0 heterocycles. The summed E-state index contributed by atoms with van der Waals surface area (Å²) in [6, 6.07) is 2.54. The number of halogens is 4. The van der Waals surface area contributed by atoms with Gasteiger partial charge in [-0.05, 0) is 12.5 Å². The number of benzene rings is 1. The van der Waals surface area contributed by atoms with Crippen molar-refractivity contribution in [3.05, 3.63) is 35.1 Å². The lowest BCUT2D eigenvalue weighted by Crippen LogP contribution is -2.16. The Bertz CT molecular complexity index is 373. The van der Waals surface area contributed by atoms with E-state index < -0.39 is 23.6 Å². The summed E-state index contributed by atoms with van der Waals surface area (Å²) in [6.07, 6.45) is -2.57. The molecule has 0 aliphatic heterocycles. The molecule has 0 radical (unpaired) electrons. The molecule has 0 bridgehead atoms. The van der Waals surface area contributed by atoms with Crippen molar-refractivity contribution in [2.24, 2.45) is 5.73 Å². The van der Waals surface area contributed by atoms with Gasteiger partial charge in [-0.1, -0.05) is 31.9 Å². The summed E-state index contributed by atoms with van der Waals surface area (Å²) in [5.41, 5.74) is 4.38. The van der Waals surface area contributed by atoms with Gasteiger partial charge in [0.1, 0.15) is 5.82 Å². The summed E-state index contributed by atoms with van der Waals surface area (Å²) in [4.78, 5) is 0. The molecule has 2 N–H and O–H groups in total. The molecule has 0 saturated carbocycles. The van der Waals surface area contributed by atoms with Crippen molar-refractivity contribution >= 4 is 0 Å². The topological polar surface area (TPSA) is 26.0 Å². The molecule has 1 rings (SSSR count). The molecule has 0 amide bonds. The number of unbranched alkanes of at least 4 members (excludes halogenated alkanes) is 1. The maximum absolute atomic E-state index is 13.6. The third kappa shape index (κ3) is 3.43. The zero-order valence-electron chi connectivity index (χ0n) is 9.52. The van der Waals surface area contributed by atoms with E-state index in [2.05, 4.69) is 0 Å². The van der Waals surface area contributed by atoms with E-state index in [1.807, 2.05) is 6.92 Å². The van der Waals surface area contributed by atoms with Crippen LogP contribution in [0.4, 0.5) is 17.6 Å². The van der Waals surface area contributed by atoms with Gasteiger partial charge in [-0.3, -0.25) is 0 Å². The quantitative estimate of drug-likeness (QED) is 0.801. The first-order valence-electron chi connectivity index (χ1n) is 5.49. The highest BCUT2D eigenvalue weighted by Gasteiger charge is 2.35. The standard InChI is InChI=1S/C12H15F4N/c1-2-3-7-10(17)8-5-4-6-9(11(8)13)12(14,15)16/h4-6,10H,2-3,7,17H2,1H3/t10-/m1/s1. The average Bonchev–Trinajstić information content (AvgIpc) is 2.24. The summed E-state index contributed by atoms with van der Waals surface area (Å²) >= 11 is 0. The van der Waals surface area contributed by atoms with Crippen LogP contribution in [0.3, 0.4) is 0 Å². The molecule has 0 aliphatic rings. The molecule has 1 atom stereocenters. The minimum Gasteiger partial charge on any atom is -0.324 e. The monoisotopic (exact) mass is 249 g/mol. The van der Waals surface area contributed by atoms with Crippen LogP contribution in [-0.2, 0) is 6.18 Å². The third-order valence-corrected chi connectivity index (χ3v) is 2.60. The van der Waals surface area contributed by atoms with E-state index >= 15 is 0 Å². The molecular weight excluding hydrogens is 234 g/mol. The van der Waals surface area contributed by atoms with Crippen LogP contribution in [0, 0.1) is 5.82 Å². The molecule has 5 heteroatoms. The van der Waals surface area contributed by atoms with Crippen LogP contribution < -0.4 is 5.73 Å². The van der Waals surface area contributed by atoms with Gasteiger partial charge in [0.25, 0.3) is 0 Å². The van der Waals surface area contributed by atoms with Crippen LogP contribution in [0.5, 0.6) is 0 Å². The third-order valence-electron chi connectivity index (χ3n) is 2.60. The summed E-state index contributed by atoms with van der Waals surface area (Å²) < 4.78 is 51.0. The van der Waals surface area contributed by atoms with Crippen molar-refractivity contribution in [3.63, 3.8) is 0 Å².